The van der Waals surface area contributed by atoms with Crippen LogP contribution in [0.3, 0.4) is 0 Å². The second-order valence-electron chi connectivity index (χ2n) is 4.10. The molecule has 0 amide bonds. The van der Waals surface area contributed by atoms with E-state index in [-0.39, 0.29) is 11.5 Å². The van der Waals surface area contributed by atoms with Gasteiger partial charge >= 0.3 is 0 Å². The number of benzene rings is 1. The van der Waals surface area contributed by atoms with Gasteiger partial charge in [-0.15, -0.1) is 0 Å². The number of hydrogen-bond acceptors (Lipinski definition) is 3. The van der Waals surface area contributed by atoms with Crippen LogP contribution in [0.4, 0.5) is 0 Å². The smallest absolute Gasteiger partial charge is 0.208 e. The highest BCUT2D eigenvalue weighted by atomic mass is 16.5. The summed E-state index contributed by atoms with van der Waals surface area (Å²) >= 11 is 0. The van der Waals surface area contributed by atoms with Crippen molar-refractivity contribution >= 4 is 5.78 Å². The van der Waals surface area contributed by atoms with Crippen molar-refractivity contribution in [2.75, 3.05) is 7.11 Å². The van der Waals surface area contributed by atoms with Gasteiger partial charge in [-0.2, -0.15) is 0 Å². The van der Waals surface area contributed by atoms with E-state index in [4.69, 9.17) is 10.5 Å². The summed E-state index contributed by atoms with van der Waals surface area (Å²) < 4.78 is 5.19. The van der Waals surface area contributed by atoms with E-state index in [1.54, 1.807) is 25.3 Å². The third-order valence-electron chi connectivity index (χ3n) is 2.33. The first-order valence-corrected chi connectivity index (χ1v) is 5.09. The van der Waals surface area contributed by atoms with Crippen LogP contribution in [0.15, 0.2) is 42.1 Å². The Kier molecular flexibility index (Phi) is 3.85. The zero-order chi connectivity index (χ0) is 12.2. The zero-order valence-corrected chi connectivity index (χ0v) is 9.86. The molecule has 1 aromatic rings. The molecule has 1 aromatic carbocycles. The van der Waals surface area contributed by atoms with Gasteiger partial charge in [0, 0.05) is 12.7 Å². The van der Waals surface area contributed by atoms with Crippen molar-refractivity contribution < 1.29 is 9.53 Å². The van der Waals surface area contributed by atoms with Crippen LogP contribution in [0.5, 0.6) is 0 Å². The summed E-state index contributed by atoms with van der Waals surface area (Å²) in [6.07, 6.45) is 1.63. The number of methoxy groups -OCH3 is 1. The van der Waals surface area contributed by atoms with E-state index >= 15 is 0 Å². The molecule has 2 N–H and O–H groups in total. The van der Waals surface area contributed by atoms with Gasteiger partial charge < -0.3 is 10.5 Å². The molecule has 3 nitrogen and oxygen atoms in total. The second-order valence-corrected chi connectivity index (χ2v) is 4.10. The summed E-state index contributed by atoms with van der Waals surface area (Å²) in [5.41, 5.74) is 6.00. The summed E-state index contributed by atoms with van der Waals surface area (Å²) in [6.45, 7) is 3.69. The number of ether oxygens (including phenoxy) is 1. The van der Waals surface area contributed by atoms with Gasteiger partial charge in [0.25, 0.3) is 0 Å². The van der Waals surface area contributed by atoms with E-state index in [1.165, 1.54) is 0 Å². The predicted molar refractivity (Wildman–Crippen MR) is 64.1 cm³/mol. The number of allylic oxidation sites excluding steroid dienone is 1. The van der Waals surface area contributed by atoms with Crippen LogP contribution in [0.2, 0.25) is 0 Å². The molecule has 0 aromatic heterocycles. The first-order chi connectivity index (χ1) is 7.46. The molecule has 0 heterocycles. The second kappa shape index (κ2) is 4.94. The molecule has 0 saturated heterocycles. The minimum absolute atomic E-state index is 0.175. The van der Waals surface area contributed by atoms with Gasteiger partial charge in [0.1, 0.15) is 0 Å². The molecule has 0 unspecified atom stereocenters. The molecule has 0 fully saturated rings. The van der Waals surface area contributed by atoms with Crippen LogP contribution in [-0.4, -0.2) is 18.5 Å². The van der Waals surface area contributed by atoms with E-state index in [9.17, 15) is 4.79 Å². The maximum absolute atomic E-state index is 11.9. The Balaban J connectivity index is 2.92. The van der Waals surface area contributed by atoms with Gasteiger partial charge in [0.15, 0.2) is 0 Å². The molecule has 0 atom stereocenters. The Morgan fingerprint density at radius 3 is 2.38 bits per heavy atom. The molecule has 1 rings (SSSR count). The lowest BCUT2D eigenvalue weighted by Crippen LogP contribution is -2.23. The topological polar surface area (TPSA) is 52.3 Å². The standard InChI is InChI=1S/C13H17NO2/c1-13(2,16-3)9-11(14)12(15)10-7-5-4-6-8-10/h4-9H,14H2,1-3H3/b11-9-. The van der Waals surface area contributed by atoms with Crippen LogP contribution in [0, 0.1) is 0 Å². The number of carbonyl (C=O) groups excluding carboxylic acids is 1. The van der Waals surface area contributed by atoms with E-state index in [2.05, 4.69) is 0 Å². The monoisotopic (exact) mass is 219 g/mol. The van der Waals surface area contributed by atoms with E-state index in [0.29, 0.717) is 5.56 Å². The summed E-state index contributed by atoms with van der Waals surface area (Å²) in [4.78, 5) is 11.9. The van der Waals surface area contributed by atoms with E-state index < -0.39 is 5.60 Å². The third-order valence-corrected chi connectivity index (χ3v) is 2.33. The molecule has 0 aliphatic heterocycles. The average molecular weight is 219 g/mol. The lowest BCUT2D eigenvalue weighted by atomic mass is 10.0. The first kappa shape index (κ1) is 12.5. The Morgan fingerprint density at radius 2 is 1.88 bits per heavy atom. The van der Waals surface area contributed by atoms with Gasteiger partial charge in [0.05, 0.1) is 11.3 Å². The highest BCUT2D eigenvalue weighted by molar-refractivity contribution is 6.08. The molecule has 86 valence electrons. The fraction of sp³-hybridized carbons (Fsp3) is 0.308. The van der Waals surface area contributed by atoms with Crippen molar-refractivity contribution in [3.05, 3.63) is 47.7 Å². The fourth-order valence-electron chi connectivity index (χ4n) is 1.26. The van der Waals surface area contributed by atoms with Crippen molar-refractivity contribution in [2.24, 2.45) is 5.73 Å². The molecule has 3 heteroatoms. The van der Waals surface area contributed by atoms with Gasteiger partial charge in [-0.25, -0.2) is 0 Å². The molecule has 0 saturated carbocycles. The van der Waals surface area contributed by atoms with Crippen molar-refractivity contribution in [3.8, 4) is 0 Å². The summed E-state index contributed by atoms with van der Waals surface area (Å²) in [5, 5.41) is 0. The minimum Gasteiger partial charge on any atom is -0.396 e. The Morgan fingerprint density at radius 1 is 1.31 bits per heavy atom. The minimum atomic E-state index is -0.533. The lowest BCUT2D eigenvalue weighted by molar-refractivity contribution is 0.0641. The summed E-state index contributed by atoms with van der Waals surface area (Å²) in [6, 6.07) is 8.95. The highest BCUT2D eigenvalue weighted by Crippen LogP contribution is 2.13. The van der Waals surface area contributed by atoms with E-state index in [1.807, 2.05) is 32.0 Å². The number of Topliss-reactive ketones (excluding diaryl/α,β-unsaturated/α-hetero) is 1. The molecule has 0 bridgehead atoms. The highest BCUT2D eigenvalue weighted by Gasteiger charge is 2.17. The van der Waals surface area contributed by atoms with Crippen LogP contribution in [0.1, 0.15) is 24.2 Å². The third kappa shape index (κ3) is 3.21. The number of carbonyl (C=O) groups is 1. The number of ketones is 1. The van der Waals surface area contributed by atoms with Crippen LogP contribution in [-0.2, 0) is 4.74 Å². The van der Waals surface area contributed by atoms with Gasteiger partial charge in [-0.3, -0.25) is 4.79 Å². The maximum Gasteiger partial charge on any atom is 0.208 e. The van der Waals surface area contributed by atoms with Crippen LogP contribution >= 0.6 is 0 Å². The molecular weight excluding hydrogens is 202 g/mol. The van der Waals surface area contributed by atoms with Gasteiger partial charge in [-0.05, 0) is 19.9 Å². The Labute approximate surface area is 95.9 Å². The molecule has 0 radical (unpaired) electrons. The summed E-state index contributed by atoms with van der Waals surface area (Å²) in [5.74, 6) is -0.175. The van der Waals surface area contributed by atoms with E-state index in [0.717, 1.165) is 0 Å². The Hall–Kier alpha value is -1.61. The molecule has 0 aliphatic rings. The normalized spacial score (nSPS) is 12.6. The van der Waals surface area contributed by atoms with Gasteiger partial charge in [-0.1, -0.05) is 30.3 Å². The van der Waals surface area contributed by atoms with Crippen molar-refractivity contribution in [1.82, 2.24) is 0 Å². The van der Waals surface area contributed by atoms with Gasteiger partial charge in [0.2, 0.25) is 5.78 Å². The molecule has 16 heavy (non-hydrogen) atoms. The quantitative estimate of drug-likeness (QED) is 0.623. The number of hydrogen-bond donors (Lipinski definition) is 1. The number of rotatable bonds is 4. The fourth-order valence-corrected chi connectivity index (χ4v) is 1.26. The summed E-state index contributed by atoms with van der Waals surface area (Å²) in [7, 11) is 1.58. The van der Waals surface area contributed by atoms with Crippen LogP contribution < -0.4 is 5.73 Å². The molecular formula is C13H17NO2. The lowest BCUT2D eigenvalue weighted by Gasteiger charge is -2.18. The molecule has 0 spiro atoms. The predicted octanol–water partition coefficient (Wildman–Crippen LogP) is 2.14. The maximum atomic E-state index is 11.9. The first-order valence-electron chi connectivity index (χ1n) is 5.09. The number of nitrogens with two attached hydrogens (primary N) is 1. The Bertz CT molecular complexity index is 394. The average Bonchev–Trinajstić information content (AvgIpc) is 2.28. The zero-order valence-electron chi connectivity index (χ0n) is 9.86. The van der Waals surface area contributed by atoms with Crippen molar-refractivity contribution in [2.45, 2.75) is 19.4 Å². The van der Waals surface area contributed by atoms with Crippen molar-refractivity contribution in [3.63, 3.8) is 0 Å². The van der Waals surface area contributed by atoms with Crippen LogP contribution in [0.25, 0.3) is 0 Å². The molecule has 0 aliphatic carbocycles. The van der Waals surface area contributed by atoms with Crippen molar-refractivity contribution in [1.29, 1.82) is 0 Å². The SMILES string of the molecule is COC(C)(C)/C=C(\N)C(=O)c1ccccc1. The largest absolute Gasteiger partial charge is 0.396 e.